The maximum atomic E-state index is 11.6. The Bertz CT molecular complexity index is 971. The van der Waals surface area contributed by atoms with Crippen molar-refractivity contribution in [3.63, 3.8) is 0 Å². The average Bonchev–Trinajstić information content (AvgIpc) is 2.72. The molecular weight excluding hydrogens is 360 g/mol. The molecule has 1 fully saturated rings. The van der Waals surface area contributed by atoms with Gasteiger partial charge in [0.2, 0.25) is 0 Å². The van der Waals surface area contributed by atoms with Crippen molar-refractivity contribution in [2.24, 2.45) is 0 Å². The summed E-state index contributed by atoms with van der Waals surface area (Å²) < 4.78 is 0. The summed E-state index contributed by atoms with van der Waals surface area (Å²) in [5, 5.41) is 31.8. The van der Waals surface area contributed by atoms with Gasteiger partial charge in [-0.2, -0.15) is 5.26 Å². The molecule has 0 N–H and O–H groups in total. The summed E-state index contributed by atoms with van der Waals surface area (Å²) in [6.45, 7) is 1.59. The number of benzene rings is 2. The van der Waals surface area contributed by atoms with E-state index in [1.807, 2.05) is 4.90 Å². The van der Waals surface area contributed by atoms with Crippen LogP contribution in [0.3, 0.4) is 0 Å². The highest BCUT2D eigenvalue weighted by Gasteiger charge is 2.21. The number of allylic oxidation sites excluding steroid dienone is 1. The van der Waals surface area contributed by atoms with Crippen LogP contribution in [0.4, 0.5) is 17.1 Å². The second kappa shape index (κ2) is 8.31. The van der Waals surface area contributed by atoms with Crippen molar-refractivity contribution in [1.82, 2.24) is 0 Å². The molecule has 0 radical (unpaired) electrons. The topological polar surface area (TPSA) is 113 Å². The van der Waals surface area contributed by atoms with Crippen molar-refractivity contribution in [2.75, 3.05) is 18.0 Å². The molecule has 1 saturated heterocycles. The second-order valence-corrected chi connectivity index (χ2v) is 6.53. The van der Waals surface area contributed by atoms with E-state index in [1.54, 1.807) is 18.2 Å². The fraction of sp³-hybridized carbons (Fsp3) is 0.250. The first-order valence-corrected chi connectivity index (χ1v) is 8.89. The average molecular weight is 378 g/mol. The molecule has 2 aromatic rings. The number of hydrogen-bond donors (Lipinski definition) is 0. The minimum atomic E-state index is -0.512. The van der Waals surface area contributed by atoms with E-state index in [0.29, 0.717) is 16.8 Å². The van der Waals surface area contributed by atoms with Gasteiger partial charge in [-0.3, -0.25) is 20.2 Å². The SMILES string of the molecule is N#CC(=Cc1ccc(N2CCCCC2)c([N+](=O)[O-])c1)c1ccc([N+](=O)[O-])cc1. The molecule has 3 rings (SSSR count). The first-order chi connectivity index (χ1) is 13.5. The molecule has 0 aromatic heterocycles. The summed E-state index contributed by atoms with van der Waals surface area (Å²) in [6, 6.07) is 12.6. The van der Waals surface area contributed by atoms with E-state index in [1.165, 1.54) is 30.3 Å². The number of nitriles is 1. The molecule has 2 aromatic carbocycles. The maximum absolute atomic E-state index is 11.6. The Morgan fingerprint density at radius 1 is 1.00 bits per heavy atom. The van der Waals surface area contributed by atoms with Crippen LogP contribution in [0, 0.1) is 31.6 Å². The van der Waals surface area contributed by atoms with Gasteiger partial charge in [-0.25, -0.2) is 0 Å². The first-order valence-electron chi connectivity index (χ1n) is 8.89. The molecule has 142 valence electrons. The zero-order valence-electron chi connectivity index (χ0n) is 15.1. The summed E-state index contributed by atoms with van der Waals surface area (Å²) in [5.74, 6) is 0. The van der Waals surface area contributed by atoms with Crippen LogP contribution in [0.1, 0.15) is 30.4 Å². The fourth-order valence-electron chi connectivity index (χ4n) is 3.29. The highest BCUT2D eigenvalue weighted by Crippen LogP contribution is 2.32. The van der Waals surface area contributed by atoms with Crippen LogP contribution < -0.4 is 4.90 Å². The van der Waals surface area contributed by atoms with E-state index in [-0.39, 0.29) is 16.9 Å². The van der Waals surface area contributed by atoms with E-state index in [0.717, 1.165) is 32.4 Å². The number of non-ortho nitro benzene ring substituents is 1. The Kier molecular flexibility index (Phi) is 5.65. The van der Waals surface area contributed by atoms with Crippen molar-refractivity contribution >= 4 is 28.7 Å². The third-order valence-electron chi connectivity index (χ3n) is 4.71. The Morgan fingerprint density at radius 2 is 1.68 bits per heavy atom. The molecule has 0 aliphatic carbocycles. The molecule has 0 saturated carbocycles. The highest BCUT2D eigenvalue weighted by atomic mass is 16.6. The molecule has 0 unspecified atom stereocenters. The first kappa shape index (κ1) is 19.0. The molecule has 1 aliphatic heterocycles. The third kappa shape index (κ3) is 4.15. The standard InChI is InChI=1S/C20H18N4O4/c21-14-17(16-5-7-18(8-6-16)23(25)26)12-15-4-9-19(20(13-15)24(27)28)22-10-2-1-3-11-22/h4-9,12-13H,1-3,10-11H2. The number of anilines is 1. The van der Waals surface area contributed by atoms with Gasteiger partial charge in [0.1, 0.15) is 5.69 Å². The van der Waals surface area contributed by atoms with Crippen LogP contribution in [-0.4, -0.2) is 22.9 Å². The monoisotopic (exact) mass is 378 g/mol. The summed E-state index contributed by atoms with van der Waals surface area (Å²) in [7, 11) is 0. The van der Waals surface area contributed by atoms with Crippen LogP contribution >= 0.6 is 0 Å². The largest absolute Gasteiger partial charge is 0.366 e. The van der Waals surface area contributed by atoms with Gasteiger partial charge in [-0.1, -0.05) is 6.07 Å². The van der Waals surface area contributed by atoms with Crippen LogP contribution in [0.15, 0.2) is 42.5 Å². The molecule has 0 bridgehead atoms. The number of piperidine rings is 1. The lowest BCUT2D eigenvalue weighted by Crippen LogP contribution is -2.29. The van der Waals surface area contributed by atoms with Gasteiger partial charge in [0.05, 0.1) is 21.5 Å². The van der Waals surface area contributed by atoms with Crippen LogP contribution in [0.5, 0.6) is 0 Å². The molecule has 1 heterocycles. The van der Waals surface area contributed by atoms with Crippen molar-refractivity contribution in [3.05, 3.63) is 73.8 Å². The minimum Gasteiger partial charge on any atom is -0.366 e. The van der Waals surface area contributed by atoms with Gasteiger partial charge in [0.25, 0.3) is 11.4 Å². The van der Waals surface area contributed by atoms with Gasteiger partial charge >= 0.3 is 0 Å². The molecule has 8 nitrogen and oxygen atoms in total. The van der Waals surface area contributed by atoms with Crippen LogP contribution in [0.2, 0.25) is 0 Å². The lowest BCUT2D eigenvalue weighted by atomic mass is 10.0. The van der Waals surface area contributed by atoms with Gasteiger partial charge in [-0.05, 0) is 54.7 Å². The Hall–Kier alpha value is -3.73. The number of rotatable bonds is 5. The fourth-order valence-corrected chi connectivity index (χ4v) is 3.29. The predicted octanol–water partition coefficient (Wildman–Crippen LogP) is 4.56. The molecule has 0 spiro atoms. The third-order valence-corrected chi connectivity index (χ3v) is 4.71. The van der Waals surface area contributed by atoms with Crippen LogP contribution in [0.25, 0.3) is 11.6 Å². The molecule has 0 amide bonds. The molecule has 0 atom stereocenters. The zero-order valence-corrected chi connectivity index (χ0v) is 15.1. The van der Waals surface area contributed by atoms with Crippen molar-refractivity contribution in [3.8, 4) is 6.07 Å². The van der Waals surface area contributed by atoms with Crippen molar-refractivity contribution < 1.29 is 9.85 Å². The summed E-state index contributed by atoms with van der Waals surface area (Å²) in [5.41, 5.74) is 1.85. The predicted molar refractivity (Wildman–Crippen MR) is 106 cm³/mol. The molecule has 28 heavy (non-hydrogen) atoms. The summed E-state index contributed by atoms with van der Waals surface area (Å²) >= 11 is 0. The summed E-state index contributed by atoms with van der Waals surface area (Å²) in [6.07, 6.45) is 4.70. The highest BCUT2D eigenvalue weighted by molar-refractivity contribution is 5.90. The smallest absolute Gasteiger partial charge is 0.293 e. The molecule has 8 heteroatoms. The Morgan fingerprint density at radius 3 is 2.25 bits per heavy atom. The van der Waals surface area contributed by atoms with E-state index in [2.05, 4.69) is 6.07 Å². The number of nitro benzene ring substituents is 2. The lowest BCUT2D eigenvalue weighted by Gasteiger charge is -2.28. The molecular formula is C20H18N4O4. The van der Waals surface area contributed by atoms with Gasteiger partial charge in [0, 0.05) is 31.3 Å². The van der Waals surface area contributed by atoms with E-state index in [9.17, 15) is 25.5 Å². The van der Waals surface area contributed by atoms with E-state index < -0.39 is 9.85 Å². The Labute approximate surface area is 161 Å². The number of nitrogens with zero attached hydrogens (tertiary/aromatic N) is 4. The van der Waals surface area contributed by atoms with Gasteiger partial charge in [-0.15, -0.1) is 0 Å². The zero-order chi connectivity index (χ0) is 20.1. The van der Waals surface area contributed by atoms with Crippen LogP contribution in [-0.2, 0) is 0 Å². The summed E-state index contributed by atoms with van der Waals surface area (Å²) in [4.78, 5) is 23.4. The Balaban J connectivity index is 1.95. The number of nitro groups is 2. The second-order valence-electron chi connectivity index (χ2n) is 6.53. The van der Waals surface area contributed by atoms with Gasteiger partial charge < -0.3 is 4.90 Å². The normalized spacial score (nSPS) is 14.4. The lowest BCUT2D eigenvalue weighted by molar-refractivity contribution is -0.384. The van der Waals surface area contributed by atoms with Gasteiger partial charge in [0.15, 0.2) is 0 Å². The van der Waals surface area contributed by atoms with E-state index >= 15 is 0 Å². The van der Waals surface area contributed by atoms with Crippen molar-refractivity contribution in [1.29, 1.82) is 5.26 Å². The minimum absolute atomic E-state index is 0.0108. The molecule has 1 aliphatic rings. The number of hydrogen-bond acceptors (Lipinski definition) is 6. The maximum Gasteiger partial charge on any atom is 0.293 e. The quantitative estimate of drug-likeness (QED) is 0.326. The van der Waals surface area contributed by atoms with E-state index in [4.69, 9.17) is 0 Å². The van der Waals surface area contributed by atoms with Crippen molar-refractivity contribution in [2.45, 2.75) is 19.3 Å².